The molecule has 2 aromatic carbocycles. The Balaban J connectivity index is 1.71. The average molecular weight is 356 g/mol. The highest BCUT2D eigenvalue weighted by Gasteiger charge is 2.38. The predicted molar refractivity (Wildman–Crippen MR) is 99.3 cm³/mol. The number of benzene rings is 2. The van der Waals surface area contributed by atoms with Crippen LogP contribution in [-0.4, -0.2) is 53.2 Å². The van der Waals surface area contributed by atoms with E-state index in [0.717, 1.165) is 10.8 Å². The fourth-order valence-corrected chi connectivity index (χ4v) is 3.36. The molecule has 1 amide bonds. The summed E-state index contributed by atoms with van der Waals surface area (Å²) in [6.07, 6.45) is 0.391. The van der Waals surface area contributed by atoms with Crippen molar-refractivity contribution >= 4 is 22.6 Å². The number of nitrogens with one attached hydrogen (secondary N) is 1. The number of carboxylic acid groups (broad SMARTS) is 1. The SMILES string of the molecule is CN1C[C@@H](NC(=O)C(C)(C)Oc2cccc3ccccc23)C[C@H]1C(=O)O. The van der Waals surface area contributed by atoms with Gasteiger partial charge in [0.05, 0.1) is 0 Å². The first-order chi connectivity index (χ1) is 12.3. The normalized spacial score (nSPS) is 20.9. The Morgan fingerprint density at radius 2 is 1.88 bits per heavy atom. The second kappa shape index (κ2) is 6.96. The highest BCUT2D eigenvalue weighted by atomic mass is 16.5. The van der Waals surface area contributed by atoms with Crippen LogP contribution in [0.5, 0.6) is 5.75 Å². The third kappa shape index (κ3) is 3.65. The molecule has 0 unspecified atom stereocenters. The van der Waals surface area contributed by atoms with Crippen molar-refractivity contribution < 1.29 is 19.4 Å². The van der Waals surface area contributed by atoms with E-state index in [1.165, 1.54) is 0 Å². The fraction of sp³-hybridized carbons (Fsp3) is 0.400. The smallest absolute Gasteiger partial charge is 0.320 e. The summed E-state index contributed by atoms with van der Waals surface area (Å²) in [5.41, 5.74) is -1.08. The maximum Gasteiger partial charge on any atom is 0.320 e. The number of rotatable bonds is 5. The Kier molecular flexibility index (Phi) is 4.87. The molecule has 3 rings (SSSR count). The van der Waals surface area contributed by atoms with Crippen LogP contribution >= 0.6 is 0 Å². The number of likely N-dealkylation sites (tertiary alicyclic amines) is 1. The van der Waals surface area contributed by atoms with Crippen LogP contribution in [0.3, 0.4) is 0 Å². The summed E-state index contributed by atoms with van der Waals surface area (Å²) in [5, 5.41) is 14.1. The molecule has 0 saturated carbocycles. The van der Waals surface area contributed by atoms with Gasteiger partial charge < -0.3 is 15.2 Å². The van der Waals surface area contributed by atoms with Gasteiger partial charge in [-0.15, -0.1) is 0 Å². The first kappa shape index (κ1) is 18.2. The van der Waals surface area contributed by atoms with E-state index >= 15 is 0 Å². The summed E-state index contributed by atoms with van der Waals surface area (Å²) < 4.78 is 6.05. The lowest BCUT2D eigenvalue weighted by Gasteiger charge is -2.27. The lowest BCUT2D eigenvalue weighted by atomic mass is 10.1. The number of aliphatic carboxylic acids is 1. The lowest BCUT2D eigenvalue weighted by molar-refractivity contribution is -0.141. The minimum absolute atomic E-state index is 0.205. The molecule has 1 fully saturated rings. The molecule has 1 saturated heterocycles. The second-order valence-corrected chi connectivity index (χ2v) is 7.29. The second-order valence-electron chi connectivity index (χ2n) is 7.29. The predicted octanol–water partition coefficient (Wildman–Crippen LogP) is 2.27. The number of carbonyl (C=O) groups is 2. The summed E-state index contributed by atoms with van der Waals surface area (Å²) in [6, 6.07) is 12.8. The van der Waals surface area contributed by atoms with Crippen molar-refractivity contribution in [3.05, 3.63) is 42.5 Å². The Bertz CT molecular complexity index is 828. The fourth-order valence-electron chi connectivity index (χ4n) is 3.36. The molecule has 2 N–H and O–H groups in total. The highest BCUT2D eigenvalue weighted by Crippen LogP contribution is 2.28. The van der Waals surface area contributed by atoms with Crippen LogP contribution in [0, 0.1) is 0 Å². The largest absolute Gasteiger partial charge is 0.480 e. The van der Waals surface area contributed by atoms with Gasteiger partial charge in [0.1, 0.15) is 11.8 Å². The van der Waals surface area contributed by atoms with Crippen LogP contribution in [0.1, 0.15) is 20.3 Å². The number of hydrogen-bond acceptors (Lipinski definition) is 4. The molecule has 138 valence electrons. The van der Waals surface area contributed by atoms with Gasteiger partial charge in [0, 0.05) is 18.0 Å². The minimum Gasteiger partial charge on any atom is -0.480 e. The zero-order chi connectivity index (χ0) is 18.9. The van der Waals surface area contributed by atoms with Crippen LogP contribution in [0.2, 0.25) is 0 Å². The molecule has 0 aliphatic carbocycles. The highest BCUT2D eigenvalue weighted by molar-refractivity contribution is 5.90. The van der Waals surface area contributed by atoms with Crippen molar-refractivity contribution in [3.8, 4) is 5.75 Å². The van der Waals surface area contributed by atoms with Gasteiger partial charge in [-0.3, -0.25) is 14.5 Å². The molecule has 1 heterocycles. The van der Waals surface area contributed by atoms with E-state index in [-0.39, 0.29) is 11.9 Å². The summed E-state index contributed by atoms with van der Waals surface area (Å²) in [6.45, 7) is 3.95. The van der Waals surface area contributed by atoms with Crippen molar-refractivity contribution in [3.63, 3.8) is 0 Å². The molecule has 0 spiro atoms. The molecule has 0 aromatic heterocycles. The van der Waals surface area contributed by atoms with Crippen molar-refractivity contribution in [2.45, 2.75) is 38.0 Å². The molecule has 0 radical (unpaired) electrons. The topological polar surface area (TPSA) is 78.9 Å². The van der Waals surface area contributed by atoms with E-state index in [2.05, 4.69) is 5.32 Å². The Labute approximate surface area is 152 Å². The number of fused-ring (bicyclic) bond motifs is 1. The van der Waals surface area contributed by atoms with Crippen LogP contribution in [-0.2, 0) is 9.59 Å². The van der Waals surface area contributed by atoms with E-state index in [9.17, 15) is 14.7 Å². The lowest BCUT2D eigenvalue weighted by Crippen LogP contribution is -2.50. The van der Waals surface area contributed by atoms with E-state index < -0.39 is 17.6 Å². The van der Waals surface area contributed by atoms with E-state index in [0.29, 0.717) is 18.7 Å². The van der Waals surface area contributed by atoms with E-state index in [4.69, 9.17) is 4.74 Å². The van der Waals surface area contributed by atoms with Crippen LogP contribution in [0.15, 0.2) is 42.5 Å². The third-order valence-corrected chi connectivity index (χ3v) is 4.83. The van der Waals surface area contributed by atoms with Crippen molar-refractivity contribution in [1.29, 1.82) is 0 Å². The van der Waals surface area contributed by atoms with Gasteiger partial charge in [0.15, 0.2) is 5.60 Å². The molecule has 26 heavy (non-hydrogen) atoms. The number of ether oxygens (including phenoxy) is 1. The number of carbonyl (C=O) groups excluding carboxylic acids is 1. The first-order valence-corrected chi connectivity index (χ1v) is 8.69. The van der Waals surface area contributed by atoms with Gasteiger partial charge in [0.2, 0.25) is 0 Å². The maximum atomic E-state index is 12.7. The average Bonchev–Trinajstić information content (AvgIpc) is 2.95. The summed E-state index contributed by atoms with van der Waals surface area (Å²) >= 11 is 0. The molecule has 2 atom stereocenters. The first-order valence-electron chi connectivity index (χ1n) is 8.69. The Morgan fingerprint density at radius 1 is 1.19 bits per heavy atom. The van der Waals surface area contributed by atoms with Crippen molar-refractivity contribution in [1.82, 2.24) is 10.2 Å². The molecule has 1 aliphatic heterocycles. The standard InChI is InChI=1S/C20H24N2O4/c1-20(2,19(25)21-14-11-16(18(23)24)22(3)12-14)26-17-10-6-8-13-7-4-5-9-15(13)17/h4-10,14,16H,11-12H2,1-3H3,(H,21,25)(H,23,24)/t14-,16-/m0/s1. The Morgan fingerprint density at radius 3 is 2.58 bits per heavy atom. The van der Waals surface area contributed by atoms with Gasteiger partial charge >= 0.3 is 5.97 Å². The monoisotopic (exact) mass is 356 g/mol. The van der Waals surface area contributed by atoms with Crippen molar-refractivity contribution in [2.24, 2.45) is 0 Å². The molecule has 0 bridgehead atoms. The van der Waals surface area contributed by atoms with Crippen LogP contribution in [0.4, 0.5) is 0 Å². The van der Waals surface area contributed by atoms with Crippen LogP contribution < -0.4 is 10.1 Å². The summed E-state index contributed by atoms with van der Waals surface area (Å²) in [7, 11) is 1.75. The minimum atomic E-state index is -1.08. The quantitative estimate of drug-likeness (QED) is 0.859. The summed E-state index contributed by atoms with van der Waals surface area (Å²) in [5.74, 6) is -0.472. The van der Waals surface area contributed by atoms with E-state index in [1.807, 2.05) is 42.5 Å². The Hall–Kier alpha value is -2.60. The molecule has 6 heteroatoms. The number of nitrogens with zero attached hydrogens (tertiary/aromatic N) is 1. The molecular weight excluding hydrogens is 332 g/mol. The maximum absolute atomic E-state index is 12.7. The third-order valence-electron chi connectivity index (χ3n) is 4.83. The van der Waals surface area contributed by atoms with Gasteiger partial charge in [-0.1, -0.05) is 36.4 Å². The number of hydrogen-bond donors (Lipinski definition) is 2. The van der Waals surface area contributed by atoms with Gasteiger partial charge in [-0.2, -0.15) is 0 Å². The molecule has 6 nitrogen and oxygen atoms in total. The van der Waals surface area contributed by atoms with Gasteiger partial charge in [0.25, 0.3) is 5.91 Å². The molecular formula is C20H24N2O4. The number of carboxylic acids is 1. The summed E-state index contributed by atoms with van der Waals surface area (Å²) in [4.78, 5) is 25.7. The zero-order valence-electron chi connectivity index (χ0n) is 15.2. The number of likely N-dealkylation sites (N-methyl/N-ethyl adjacent to an activating group) is 1. The zero-order valence-corrected chi connectivity index (χ0v) is 15.2. The van der Waals surface area contributed by atoms with Crippen molar-refractivity contribution in [2.75, 3.05) is 13.6 Å². The van der Waals surface area contributed by atoms with Gasteiger partial charge in [-0.05, 0) is 38.8 Å². The molecule has 2 aromatic rings. The molecule has 1 aliphatic rings. The van der Waals surface area contributed by atoms with Crippen LogP contribution in [0.25, 0.3) is 10.8 Å². The number of amides is 1. The van der Waals surface area contributed by atoms with Gasteiger partial charge in [-0.25, -0.2) is 0 Å². The van der Waals surface area contributed by atoms with E-state index in [1.54, 1.807) is 25.8 Å².